The minimum atomic E-state index is -0.384. The number of amides is 1. The molecule has 0 bridgehead atoms. The van der Waals surface area contributed by atoms with Crippen LogP contribution < -0.4 is 5.32 Å². The molecule has 0 unspecified atom stereocenters. The van der Waals surface area contributed by atoms with Gasteiger partial charge in [-0.3, -0.25) is 14.6 Å². The standard InChI is InChI=1S/C20H20N4O3/c1-4-18-23-20(27-24-18)12(2)22-19(26)15-7-5-14(6-8-15)17-10-9-16(11-21-17)13(3)25/h5-12H,4H2,1-3H3,(H,22,26)/t12-/m1/s1. The zero-order valence-electron chi connectivity index (χ0n) is 15.4. The highest BCUT2D eigenvalue weighted by atomic mass is 16.5. The van der Waals surface area contributed by atoms with E-state index in [-0.39, 0.29) is 17.7 Å². The number of rotatable bonds is 6. The number of Topliss-reactive ketones (excluding diaryl/α,β-unsaturated/α-hetero) is 1. The lowest BCUT2D eigenvalue weighted by Gasteiger charge is -2.10. The fourth-order valence-corrected chi connectivity index (χ4v) is 2.49. The second-order valence-corrected chi connectivity index (χ2v) is 6.16. The quantitative estimate of drug-likeness (QED) is 0.673. The zero-order chi connectivity index (χ0) is 19.4. The summed E-state index contributed by atoms with van der Waals surface area (Å²) in [7, 11) is 0. The van der Waals surface area contributed by atoms with Crippen molar-refractivity contribution in [2.24, 2.45) is 0 Å². The van der Waals surface area contributed by atoms with Gasteiger partial charge >= 0.3 is 0 Å². The van der Waals surface area contributed by atoms with Crippen LogP contribution in [0.3, 0.4) is 0 Å². The van der Waals surface area contributed by atoms with Gasteiger partial charge in [-0.05, 0) is 38.1 Å². The van der Waals surface area contributed by atoms with Crippen molar-refractivity contribution >= 4 is 11.7 Å². The SMILES string of the molecule is CCc1noc([C@@H](C)NC(=O)c2ccc(-c3ccc(C(C)=O)cn3)cc2)n1. The van der Waals surface area contributed by atoms with Crippen LogP contribution in [0.4, 0.5) is 0 Å². The van der Waals surface area contributed by atoms with E-state index in [1.54, 1.807) is 37.4 Å². The number of carbonyl (C=O) groups is 2. The highest BCUT2D eigenvalue weighted by Gasteiger charge is 2.17. The third kappa shape index (κ3) is 4.25. The first-order chi connectivity index (χ1) is 13.0. The van der Waals surface area contributed by atoms with Gasteiger partial charge in [-0.25, -0.2) is 0 Å². The van der Waals surface area contributed by atoms with Crippen LogP contribution in [-0.2, 0) is 6.42 Å². The van der Waals surface area contributed by atoms with E-state index in [2.05, 4.69) is 20.4 Å². The van der Waals surface area contributed by atoms with Gasteiger partial charge in [0.15, 0.2) is 11.6 Å². The molecule has 3 rings (SSSR count). The number of benzene rings is 1. The Morgan fingerprint density at radius 2 is 1.81 bits per heavy atom. The number of aromatic nitrogens is 3. The molecule has 1 aromatic carbocycles. The van der Waals surface area contributed by atoms with Gasteiger partial charge in [-0.1, -0.05) is 24.2 Å². The van der Waals surface area contributed by atoms with Crippen LogP contribution in [-0.4, -0.2) is 26.8 Å². The molecule has 0 aliphatic carbocycles. The van der Waals surface area contributed by atoms with Crippen LogP contribution >= 0.6 is 0 Å². The molecule has 2 heterocycles. The first kappa shape index (κ1) is 18.4. The van der Waals surface area contributed by atoms with Crippen molar-refractivity contribution in [1.82, 2.24) is 20.4 Å². The average molecular weight is 364 g/mol. The molecule has 27 heavy (non-hydrogen) atoms. The molecular weight excluding hydrogens is 344 g/mol. The molecule has 0 saturated heterocycles. The maximum atomic E-state index is 12.4. The van der Waals surface area contributed by atoms with Crippen molar-refractivity contribution in [1.29, 1.82) is 0 Å². The first-order valence-electron chi connectivity index (χ1n) is 8.68. The monoisotopic (exact) mass is 364 g/mol. The molecule has 0 radical (unpaired) electrons. The maximum Gasteiger partial charge on any atom is 0.251 e. The number of nitrogens with zero attached hydrogens (tertiary/aromatic N) is 3. The van der Waals surface area contributed by atoms with Gasteiger partial charge in [-0.15, -0.1) is 0 Å². The molecule has 1 N–H and O–H groups in total. The third-order valence-electron chi connectivity index (χ3n) is 4.13. The summed E-state index contributed by atoms with van der Waals surface area (Å²) < 4.78 is 5.15. The lowest BCUT2D eigenvalue weighted by molar-refractivity contribution is 0.0931. The van der Waals surface area contributed by atoms with E-state index >= 15 is 0 Å². The summed E-state index contributed by atoms with van der Waals surface area (Å²) in [4.78, 5) is 32.3. The Morgan fingerprint density at radius 1 is 1.11 bits per heavy atom. The fourth-order valence-electron chi connectivity index (χ4n) is 2.49. The van der Waals surface area contributed by atoms with Gasteiger partial charge in [0, 0.05) is 29.3 Å². The molecule has 7 nitrogen and oxygen atoms in total. The molecule has 1 atom stereocenters. The van der Waals surface area contributed by atoms with Crippen LogP contribution in [0.1, 0.15) is 59.2 Å². The number of carbonyl (C=O) groups excluding carboxylic acids is 2. The third-order valence-corrected chi connectivity index (χ3v) is 4.13. The van der Waals surface area contributed by atoms with Crippen LogP contribution in [0.25, 0.3) is 11.3 Å². The summed E-state index contributed by atoms with van der Waals surface area (Å²) in [6, 6.07) is 10.2. The minimum absolute atomic E-state index is 0.0255. The van der Waals surface area contributed by atoms with E-state index in [4.69, 9.17) is 4.52 Å². The molecule has 0 aliphatic heterocycles. The molecule has 1 amide bonds. The van der Waals surface area contributed by atoms with E-state index < -0.39 is 0 Å². The van der Waals surface area contributed by atoms with E-state index in [1.165, 1.54) is 6.92 Å². The number of pyridine rings is 1. The van der Waals surface area contributed by atoms with Crippen molar-refractivity contribution in [3.8, 4) is 11.3 Å². The predicted octanol–water partition coefficient (Wildman–Crippen LogP) is 3.39. The minimum Gasteiger partial charge on any atom is -0.341 e. The van der Waals surface area contributed by atoms with E-state index in [9.17, 15) is 9.59 Å². The smallest absolute Gasteiger partial charge is 0.251 e. The Hall–Kier alpha value is -3.35. The highest BCUT2D eigenvalue weighted by molar-refractivity contribution is 5.95. The maximum absolute atomic E-state index is 12.4. The Kier molecular flexibility index (Phi) is 5.40. The van der Waals surface area contributed by atoms with Crippen LogP contribution in [0.2, 0.25) is 0 Å². The lowest BCUT2D eigenvalue weighted by atomic mass is 10.1. The summed E-state index contributed by atoms with van der Waals surface area (Å²) in [5, 5.41) is 6.67. The van der Waals surface area contributed by atoms with Crippen LogP contribution in [0.15, 0.2) is 47.1 Å². The summed E-state index contributed by atoms with van der Waals surface area (Å²) in [6.07, 6.45) is 2.22. The van der Waals surface area contributed by atoms with E-state index in [1.807, 2.05) is 19.1 Å². The number of ketones is 1. The summed E-state index contributed by atoms with van der Waals surface area (Å²) >= 11 is 0. The summed E-state index contributed by atoms with van der Waals surface area (Å²) in [5.41, 5.74) is 2.68. The lowest BCUT2D eigenvalue weighted by Crippen LogP contribution is -2.26. The zero-order valence-corrected chi connectivity index (χ0v) is 15.4. The van der Waals surface area contributed by atoms with Gasteiger partial charge in [0.1, 0.15) is 6.04 Å². The number of aryl methyl sites for hydroxylation is 1. The van der Waals surface area contributed by atoms with Gasteiger partial charge in [0.2, 0.25) is 5.89 Å². The summed E-state index contributed by atoms with van der Waals surface area (Å²) in [5.74, 6) is 0.734. The van der Waals surface area contributed by atoms with Crippen LogP contribution in [0, 0.1) is 0 Å². The van der Waals surface area contributed by atoms with E-state index in [0.29, 0.717) is 29.3 Å². The Balaban J connectivity index is 1.68. The highest BCUT2D eigenvalue weighted by Crippen LogP contribution is 2.19. The van der Waals surface area contributed by atoms with Crippen molar-refractivity contribution in [3.05, 3.63) is 65.4 Å². The molecule has 2 aromatic heterocycles. The Bertz CT molecular complexity index is 946. The van der Waals surface area contributed by atoms with Gasteiger partial charge < -0.3 is 9.84 Å². The molecule has 3 aromatic rings. The number of nitrogens with one attached hydrogen (secondary N) is 1. The molecule has 0 aliphatic rings. The van der Waals surface area contributed by atoms with E-state index in [0.717, 1.165) is 11.3 Å². The molecule has 138 valence electrons. The second kappa shape index (κ2) is 7.90. The average Bonchev–Trinajstić information content (AvgIpc) is 3.17. The van der Waals surface area contributed by atoms with Gasteiger partial charge in [0.25, 0.3) is 5.91 Å². The molecule has 0 fully saturated rings. The van der Waals surface area contributed by atoms with Gasteiger partial charge in [-0.2, -0.15) is 4.98 Å². The fraction of sp³-hybridized carbons (Fsp3) is 0.250. The van der Waals surface area contributed by atoms with Gasteiger partial charge in [0.05, 0.1) is 5.69 Å². The van der Waals surface area contributed by atoms with Crippen molar-refractivity contribution in [2.75, 3.05) is 0 Å². The largest absolute Gasteiger partial charge is 0.341 e. The Morgan fingerprint density at radius 3 is 2.37 bits per heavy atom. The summed E-state index contributed by atoms with van der Waals surface area (Å²) in [6.45, 7) is 5.23. The number of hydrogen-bond acceptors (Lipinski definition) is 6. The normalized spacial score (nSPS) is 11.8. The van der Waals surface area contributed by atoms with Crippen LogP contribution in [0.5, 0.6) is 0 Å². The first-order valence-corrected chi connectivity index (χ1v) is 8.68. The number of hydrogen-bond donors (Lipinski definition) is 1. The van der Waals surface area contributed by atoms with Crippen molar-refractivity contribution in [3.63, 3.8) is 0 Å². The molecule has 7 heteroatoms. The molecule has 0 spiro atoms. The Labute approximate surface area is 156 Å². The molecule has 0 saturated carbocycles. The van der Waals surface area contributed by atoms with Crippen molar-refractivity contribution in [2.45, 2.75) is 33.2 Å². The second-order valence-electron chi connectivity index (χ2n) is 6.16. The topological polar surface area (TPSA) is 98.0 Å². The van der Waals surface area contributed by atoms with Crippen molar-refractivity contribution < 1.29 is 14.1 Å². The predicted molar refractivity (Wildman–Crippen MR) is 99.2 cm³/mol. The molecular formula is C20H20N4O3.